The molecule has 0 radical (unpaired) electrons. The first-order valence-corrected chi connectivity index (χ1v) is 11.8. The normalized spacial score (nSPS) is 11.3. The molecule has 2 N–H and O–H groups in total. The Morgan fingerprint density at radius 3 is 2.33 bits per heavy atom. The van der Waals surface area contributed by atoms with Crippen molar-refractivity contribution in [3.63, 3.8) is 0 Å². The molecule has 0 aliphatic rings. The van der Waals surface area contributed by atoms with Crippen LogP contribution in [0.5, 0.6) is 0 Å². The fraction of sp³-hybridized carbons (Fsp3) is 0.360. The number of benzene rings is 2. The number of rotatable bonds is 9. The molecule has 1 heterocycles. The van der Waals surface area contributed by atoms with Crippen LogP contribution in [0, 0.1) is 10.8 Å². The Kier molecular flexibility index (Phi) is 7.88. The van der Waals surface area contributed by atoms with E-state index in [1.165, 1.54) is 17.3 Å². The molecule has 0 amide bonds. The molecule has 4 nitrogen and oxygen atoms in total. The lowest BCUT2D eigenvalue weighted by Crippen LogP contribution is -2.25. The molecule has 3 rings (SSSR count). The first-order valence-electron chi connectivity index (χ1n) is 10.8. The minimum Gasteiger partial charge on any atom is -0.316 e. The van der Waals surface area contributed by atoms with E-state index in [1.807, 2.05) is 31.3 Å². The fourth-order valence-electron chi connectivity index (χ4n) is 3.86. The molecule has 0 atom stereocenters. The number of pyridine rings is 1. The van der Waals surface area contributed by atoms with E-state index in [1.54, 1.807) is 0 Å². The lowest BCUT2D eigenvalue weighted by Gasteiger charge is -2.22. The smallest absolute Gasteiger partial charge is 0.0979 e. The van der Waals surface area contributed by atoms with Crippen LogP contribution in [0.25, 0.3) is 16.6 Å². The number of thioether (sulfide) groups is 1. The Labute approximate surface area is 184 Å². The van der Waals surface area contributed by atoms with Gasteiger partial charge in [-0.3, -0.25) is 15.7 Å². The van der Waals surface area contributed by atoms with Crippen LogP contribution in [0.1, 0.15) is 44.7 Å². The van der Waals surface area contributed by atoms with Crippen molar-refractivity contribution in [2.24, 2.45) is 0 Å². The van der Waals surface area contributed by atoms with Crippen LogP contribution in [0.3, 0.4) is 0 Å². The molecule has 30 heavy (non-hydrogen) atoms. The maximum Gasteiger partial charge on any atom is 0.0979 e. The van der Waals surface area contributed by atoms with E-state index in [4.69, 9.17) is 10.8 Å². The lowest BCUT2D eigenvalue weighted by atomic mass is 10.1. The topological polar surface area (TPSA) is 55.9 Å². The monoisotopic (exact) mass is 420 g/mol. The van der Waals surface area contributed by atoms with Crippen molar-refractivity contribution in [2.45, 2.75) is 40.2 Å². The van der Waals surface area contributed by atoms with E-state index in [0.29, 0.717) is 16.0 Å². The first kappa shape index (κ1) is 22.3. The molecule has 0 aliphatic heterocycles. The number of fused-ring (bicyclic) bond motifs is 1. The molecule has 2 aromatic carbocycles. The van der Waals surface area contributed by atoms with Gasteiger partial charge in [0.1, 0.15) is 0 Å². The summed E-state index contributed by atoms with van der Waals surface area (Å²) in [6.45, 7) is 9.55. The van der Waals surface area contributed by atoms with E-state index in [9.17, 15) is 0 Å². The second-order valence-corrected chi connectivity index (χ2v) is 8.79. The summed E-state index contributed by atoms with van der Waals surface area (Å²) in [6.07, 6.45) is 4.23. The van der Waals surface area contributed by atoms with Crippen LogP contribution in [0.2, 0.25) is 0 Å². The Hall–Kier alpha value is -2.37. The molecule has 0 aliphatic carbocycles. The first-order chi connectivity index (χ1) is 14.6. The van der Waals surface area contributed by atoms with E-state index in [-0.39, 0.29) is 0 Å². The highest BCUT2D eigenvalue weighted by Gasteiger charge is 2.13. The van der Waals surface area contributed by atoms with E-state index >= 15 is 0 Å². The zero-order chi connectivity index (χ0) is 21.5. The average Bonchev–Trinajstić information content (AvgIpc) is 2.75. The number of hydrogen-bond donors (Lipinski definition) is 2. The van der Waals surface area contributed by atoms with Gasteiger partial charge in [0.2, 0.25) is 0 Å². The summed E-state index contributed by atoms with van der Waals surface area (Å²) in [6, 6.07) is 16.7. The molecule has 3 aromatic rings. The number of hydrogen-bond acceptors (Lipinski definition) is 4. The van der Waals surface area contributed by atoms with Gasteiger partial charge in [0, 0.05) is 29.4 Å². The molecule has 1 aromatic heterocycles. The second-order valence-electron chi connectivity index (χ2n) is 7.51. The van der Waals surface area contributed by atoms with Crippen molar-refractivity contribution in [3.8, 4) is 5.69 Å². The summed E-state index contributed by atoms with van der Waals surface area (Å²) < 4.78 is 2.12. The Balaban J connectivity index is 2.16. The van der Waals surface area contributed by atoms with Gasteiger partial charge >= 0.3 is 0 Å². The van der Waals surface area contributed by atoms with Gasteiger partial charge in [-0.15, -0.1) is 11.8 Å². The van der Waals surface area contributed by atoms with Gasteiger partial charge in [0.15, 0.2) is 0 Å². The second kappa shape index (κ2) is 10.6. The quantitative estimate of drug-likeness (QED) is 0.339. The Morgan fingerprint density at radius 2 is 1.70 bits per heavy atom. The van der Waals surface area contributed by atoms with Gasteiger partial charge in [-0.1, -0.05) is 45.0 Å². The molecule has 0 saturated heterocycles. The molecular formula is C25H32N4S. The highest BCUT2D eigenvalue weighted by atomic mass is 32.2. The maximum absolute atomic E-state index is 8.87. The van der Waals surface area contributed by atoms with Crippen molar-refractivity contribution in [3.05, 3.63) is 71.2 Å². The van der Waals surface area contributed by atoms with Gasteiger partial charge < -0.3 is 4.57 Å². The highest BCUT2D eigenvalue weighted by molar-refractivity contribution is 8.14. The predicted octanol–water partition coefficient (Wildman–Crippen LogP) is 5.81. The van der Waals surface area contributed by atoms with Gasteiger partial charge in [0.05, 0.1) is 15.9 Å². The number of aromatic nitrogens is 1. The number of nitrogens with one attached hydrogen (secondary N) is 2. The standard InChI is InChI=1S/C25H32N4S/c1-4-14-28(15-5-2)17-19-12-13-23-21(16-19)24(26)22(25(27)30-6-3)18-29(23)20-10-8-7-9-11-20/h7-13,16,18,26-27H,4-6,14-15,17H2,1-3H3. The minimum atomic E-state index is 0.447. The van der Waals surface area contributed by atoms with Crippen LogP contribution >= 0.6 is 11.8 Å². The molecule has 0 spiro atoms. The van der Waals surface area contributed by atoms with Crippen molar-refractivity contribution < 1.29 is 0 Å². The summed E-state index contributed by atoms with van der Waals surface area (Å²) >= 11 is 1.48. The average molecular weight is 421 g/mol. The zero-order valence-corrected chi connectivity index (χ0v) is 19.1. The summed E-state index contributed by atoms with van der Waals surface area (Å²) in [5.41, 5.74) is 3.97. The Bertz CT molecular complexity index is 1050. The number of para-hydroxylation sites is 1. The van der Waals surface area contributed by atoms with Crippen LogP contribution in [0.4, 0.5) is 0 Å². The third-order valence-electron chi connectivity index (χ3n) is 5.17. The van der Waals surface area contributed by atoms with Gasteiger partial charge in [-0.25, -0.2) is 0 Å². The molecule has 0 fully saturated rings. The predicted molar refractivity (Wildman–Crippen MR) is 130 cm³/mol. The summed E-state index contributed by atoms with van der Waals surface area (Å²) in [5, 5.41) is 19.2. The van der Waals surface area contributed by atoms with Crippen LogP contribution in [-0.2, 0) is 6.54 Å². The van der Waals surface area contributed by atoms with Gasteiger partial charge in [-0.2, -0.15) is 0 Å². The molecular weight excluding hydrogens is 388 g/mol. The van der Waals surface area contributed by atoms with E-state index in [2.05, 4.69) is 53.6 Å². The molecule has 0 bridgehead atoms. The number of nitrogens with zero attached hydrogens (tertiary/aromatic N) is 2. The van der Waals surface area contributed by atoms with Crippen LogP contribution in [0.15, 0.2) is 54.7 Å². The summed E-state index contributed by atoms with van der Waals surface area (Å²) in [5.74, 6) is 0.824. The minimum absolute atomic E-state index is 0.447. The summed E-state index contributed by atoms with van der Waals surface area (Å²) in [7, 11) is 0. The van der Waals surface area contributed by atoms with Crippen molar-refractivity contribution in [1.29, 1.82) is 10.8 Å². The van der Waals surface area contributed by atoms with Crippen molar-refractivity contribution >= 4 is 27.7 Å². The van der Waals surface area contributed by atoms with Crippen LogP contribution in [-0.4, -0.2) is 33.4 Å². The van der Waals surface area contributed by atoms with Crippen molar-refractivity contribution in [1.82, 2.24) is 9.47 Å². The molecule has 0 saturated carbocycles. The lowest BCUT2D eigenvalue weighted by molar-refractivity contribution is 0.266. The largest absolute Gasteiger partial charge is 0.316 e. The van der Waals surface area contributed by atoms with Crippen molar-refractivity contribution in [2.75, 3.05) is 18.8 Å². The van der Waals surface area contributed by atoms with Crippen LogP contribution < -0.4 is 5.36 Å². The third kappa shape index (κ3) is 5.02. The van der Waals surface area contributed by atoms with Gasteiger partial charge in [-0.05, 0) is 61.5 Å². The molecule has 5 heteroatoms. The van der Waals surface area contributed by atoms with E-state index < -0.39 is 0 Å². The summed E-state index contributed by atoms with van der Waals surface area (Å²) in [4.78, 5) is 2.48. The maximum atomic E-state index is 8.87. The Morgan fingerprint density at radius 1 is 1.00 bits per heavy atom. The van der Waals surface area contributed by atoms with E-state index in [0.717, 1.165) is 54.8 Å². The third-order valence-corrected chi connectivity index (χ3v) is 5.97. The molecule has 158 valence electrons. The van der Waals surface area contributed by atoms with Gasteiger partial charge in [0.25, 0.3) is 0 Å². The zero-order valence-electron chi connectivity index (χ0n) is 18.2. The highest BCUT2D eigenvalue weighted by Crippen LogP contribution is 2.21. The SMILES string of the molecule is CCCN(CCC)Cc1ccc2c(c1)c(=N)c(C(=N)SCC)cn2-c1ccccc1. The fourth-order valence-corrected chi connectivity index (χ4v) is 4.46. The molecule has 0 unspecified atom stereocenters.